The van der Waals surface area contributed by atoms with Crippen molar-refractivity contribution in [3.8, 4) is 90.7 Å². The average Bonchev–Trinajstić information content (AvgIpc) is 3.70. The van der Waals surface area contributed by atoms with Crippen LogP contribution >= 0.6 is 0 Å². The summed E-state index contributed by atoms with van der Waals surface area (Å²) in [5.74, 6) is 1.28. The molecule has 0 saturated heterocycles. The van der Waals surface area contributed by atoms with E-state index < -0.39 is 0 Å². The van der Waals surface area contributed by atoms with Crippen LogP contribution in [-0.4, -0.2) is 24.5 Å². The van der Waals surface area contributed by atoms with E-state index in [9.17, 15) is 5.26 Å². The van der Waals surface area contributed by atoms with Crippen LogP contribution in [0.25, 0.3) is 106 Å². The summed E-state index contributed by atoms with van der Waals surface area (Å²) in [5.41, 5.74) is 14.5. The van der Waals surface area contributed by atoms with Gasteiger partial charge in [0.15, 0.2) is 11.6 Å². The summed E-state index contributed by atoms with van der Waals surface area (Å²) in [6.45, 7) is 0. The zero-order valence-electron chi connectivity index (χ0n) is 34.0. The zero-order chi connectivity index (χ0) is 42.1. The molecule has 294 valence electrons. The molecule has 0 amide bonds. The lowest BCUT2D eigenvalue weighted by atomic mass is 9.99. The van der Waals surface area contributed by atoms with E-state index in [1.54, 1.807) is 0 Å². The molecular formula is C57H36N6. The highest BCUT2D eigenvalue weighted by Crippen LogP contribution is 2.41. The molecule has 6 heteroatoms. The Bertz CT molecular complexity index is 3390. The fraction of sp³-hybridized carbons (Fsp3) is 0. The lowest BCUT2D eigenvalue weighted by Crippen LogP contribution is -2.02. The fourth-order valence-corrected chi connectivity index (χ4v) is 8.40. The second-order valence-corrected chi connectivity index (χ2v) is 15.4. The van der Waals surface area contributed by atoms with Gasteiger partial charge in [-0.15, -0.1) is 0 Å². The van der Waals surface area contributed by atoms with Gasteiger partial charge in [0.2, 0.25) is 0 Å². The van der Waals surface area contributed by atoms with E-state index in [2.05, 4.69) is 126 Å². The van der Waals surface area contributed by atoms with Crippen molar-refractivity contribution >= 4 is 21.8 Å². The van der Waals surface area contributed by atoms with Crippen LogP contribution in [0, 0.1) is 11.3 Å². The first kappa shape index (κ1) is 37.2. The molecule has 0 saturated carbocycles. The number of para-hydroxylation sites is 1. The minimum atomic E-state index is 0.619. The van der Waals surface area contributed by atoms with Crippen molar-refractivity contribution in [2.75, 3.05) is 0 Å². The van der Waals surface area contributed by atoms with Gasteiger partial charge in [-0.2, -0.15) is 5.26 Å². The Morgan fingerprint density at radius 3 is 1.43 bits per heavy atom. The Labute approximate surface area is 364 Å². The van der Waals surface area contributed by atoms with Gasteiger partial charge in [0.05, 0.1) is 51.1 Å². The van der Waals surface area contributed by atoms with Gasteiger partial charge in [0.25, 0.3) is 0 Å². The molecule has 0 spiro atoms. The molecule has 0 fully saturated rings. The van der Waals surface area contributed by atoms with E-state index in [4.69, 9.17) is 19.9 Å². The summed E-state index contributed by atoms with van der Waals surface area (Å²) in [5, 5.41) is 12.0. The number of nitriles is 1. The van der Waals surface area contributed by atoms with Gasteiger partial charge in [0.1, 0.15) is 0 Å². The van der Waals surface area contributed by atoms with Crippen molar-refractivity contribution in [2.45, 2.75) is 0 Å². The van der Waals surface area contributed by atoms with E-state index in [1.165, 1.54) is 0 Å². The van der Waals surface area contributed by atoms with Crippen molar-refractivity contribution < 1.29 is 0 Å². The Morgan fingerprint density at radius 2 is 0.810 bits per heavy atom. The van der Waals surface area contributed by atoms with Crippen LogP contribution in [0.4, 0.5) is 0 Å². The van der Waals surface area contributed by atoms with Crippen LogP contribution in [0.1, 0.15) is 5.56 Å². The monoisotopic (exact) mass is 804 g/mol. The van der Waals surface area contributed by atoms with Crippen LogP contribution in [0.3, 0.4) is 0 Å². The normalized spacial score (nSPS) is 11.2. The van der Waals surface area contributed by atoms with Crippen LogP contribution < -0.4 is 0 Å². The maximum absolute atomic E-state index is 9.77. The lowest BCUT2D eigenvalue weighted by Gasteiger charge is -2.17. The van der Waals surface area contributed by atoms with Crippen molar-refractivity contribution in [3.63, 3.8) is 0 Å². The molecule has 11 rings (SSSR count). The summed E-state index contributed by atoms with van der Waals surface area (Å²) < 4.78 is 2.35. The molecule has 6 nitrogen and oxygen atoms in total. The van der Waals surface area contributed by atoms with Gasteiger partial charge in [-0.1, -0.05) is 170 Å². The molecule has 3 aromatic heterocycles. The highest BCUT2D eigenvalue weighted by molar-refractivity contribution is 6.11. The van der Waals surface area contributed by atoms with Crippen LogP contribution in [0.2, 0.25) is 0 Å². The second kappa shape index (κ2) is 16.0. The van der Waals surface area contributed by atoms with E-state index >= 15 is 0 Å². The average molecular weight is 805 g/mol. The number of fused-ring (bicyclic) bond motifs is 3. The number of hydrogen-bond acceptors (Lipinski definition) is 5. The zero-order valence-corrected chi connectivity index (χ0v) is 34.0. The van der Waals surface area contributed by atoms with Gasteiger partial charge in [-0.25, -0.2) is 19.9 Å². The highest BCUT2D eigenvalue weighted by Gasteiger charge is 2.21. The maximum Gasteiger partial charge on any atom is 0.160 e. The van der Waals surface area contributed by atoms with Crippen molar-refractivity contribution in [3.05, 3.63) is 224 Å². The second-order valence-electron chi connectivity index (χ2n) is 15.4. The molecular weight excluding hydrogens is 769 g/mol. The molecule has 63 heavy (non-hydrogen) atoms. The molecule has 0 N–H and O–H groups in total. The van der Waals surface area contributed by atoms with Gasteiger partial charge in [0, 0.05) is 44.2 Å². The predicted octanol–water partition coefficient (Wildman–Crippen LogP) is 13.9. The Morgan fingerprint density at radius 1 is 0.333 bits per heavy atom. The topological polar surface area (TPSA) is 80.3 Å². The third kappa shape index (κ3) is 7.10. The number of nitrogens with zero attached hydrogens (tertiary/aromatic N) is 6. The molecule has 3 heterocycles. The molecule has 0 bridgehead atoms. The third-order valence-electron chi connectivity index (χ3n) is 11.5. The number of rotatable bonds is 8. The molecule has 0 radical (unpaired) electrons. The molecule has 0 atom stereocenters. The molecule has 0 aliphatic heterocycles. The minimum absolute atomic E-state index is 0.619. The number of benzene rings is 8. The van der Waals surface area contributed by atoms with E-state index in [1.807, 2.05) is 103 Å². The van der Waals surface area contributed by atoms with Crippen molar-refractivity contribution in [1.29, 1.82) is 5.26 Å². The molecule has 11 aromatic rings. The Kier molecular flexibility index (Phi) is 9.45. The standard InChI is InChI=1S/C57H36N6/c58-37-38-16-15-25-43(32-38)44-28-30-47-46-26-13-14-27-53(46)63(55(47)34-44)54-31-29-45(51-35-49(39-17-5-1-6-18-39)59-56(61-51)41-21-9-3-10-22-41)33-48(54)52-36-50(40-19-7-2-8-20-40)60-57(62-52)42-23-11-4-12-24-42/h1-36H. The summed E-state index contributed by atoms with van der Waals surface area (Å²) in [6.07, 6.45) is 0. The maximum atomic E-state index is 9.77. The smallest absolute Gasteiger partial charge is 0.160 e. The van der Waals surface area contributed by atoms with Crippen LogP contribution in [0.15, 0.2) is 218 Å². The van der Waals surface area contributed by atoms with Crippen LogP contribution in [-0.2, 0) is 0 Å². The van der Waals surface area contributed by atoms with Gasteiger partial charge in [-0.3, -0.25) is 0 Å². The SMILES string of the molecule is N#Cc1cccc(-c2ccc3c4ccccc4n(-c4ccc(-c5cc(-c6ccccc6)nc(-c6ccccc6)n5)cc4-c4cc(-c5ccccc5)nc(-c5ccccc5)n4)c3c2)c1. The van der Waals surface area contributed by atoms with Gasteiger partial charge >= 0.3 is 0 Å². The molecule has 0 unspecified atom stereocenters. The summed E-state index contributed by atoms with van der Waals surface area (Å²) in [4.78, 5) is 20.9. The van der Waals surface area contributed by atoms with Gasteiger partial charge in [-0.05, 0) is 59.7 Å². The van der Waals surface area contributed by atoms with Crippen molar-refractivity contribution in [2.24, 2.45) is 0 Å². The highest BCUT2D eigenvalue weighted by atomic mass is 15.0. The quantitative estimate of drug-likeness (QED) is 0.153. The predicted molar refractivity (Wildman–Crippen MR) is 255 cm³/mol. The summed E-state index contributed by atoms with van der Waals surface area (Å²) in [7, 11) is 0. The van der Waals surface area contributed by atoms with Crippen LogP contribution in [0.5, 0.6) is 0 Å². The largest absolute Gasteiger partial charge is 0.309 e. The third-order valence-corrected chi connectivity index (χ3v) is 11.5. The van der Waals surface area contributed by atoms with Crippen molar-refractivity contribution in [1.82, 2.24) is 24.5 Å². The molecule has 0 aliphatic rings. The Hall–Kier alpha value is -8.79. The van der Waals surface area contributed by atoms with Gasteiger partial charge < -0.3 is 4.57 Å². The number of aromatic nitrogens is 5. The van der Waals surface area contributed by atoms with E-state index in [0.717, 1.165) is 94.8 Å². The molecule has 8 aromatic carbocycles. The number of hydrogen-bond donors (Lipinski definition) is 0. The Balaban J connectivity index is 1.21. The first-order valence-electron chi connectivity index (χ1n) is 20.9. The lowest BCUT2D eigenvalue weighted by molar-refractivity contribution is 1.15. The first-order valence-corrected chi connectivity index (χ1v) is 20.9. The summed E-state index contributed by atoms with van der Waals surface area (Å²) >= 11 is 0. The minimum Gasteiger partial charge on any atom is -0.309 e. The van der Waals surface area contributed by atoms with E-state index in [-0.39, 0.29) is 0 Å². The first-order chi connectivity index (χ1) is 31.2. The fourth-order valence-electron chi connectivity index (χ4n) is 8.40. The van der Waals surface area contributed by atoms with E-state index in [0.29, 0.717) is 17.2 Å². The summed E-state index contributed by atoms with van der Waals surface area (Å²) in [6, 6.07) is 76.8. The molecule has 0 aliphatic carbocycles.